The van der Waals surface area contributed by atoms with E-state index in [-0.39, 0.29) is 116 Å². The number of aromatic carboxylic acids is 2. The minimum atomic E-state index is -4.91. The number of azo groups is 2. The molecule has 0 aliphatic rings. The molecule has 0 unspecified atom stereocenters. The van der Waals surface area contributed by atoms with Crippen LogP contribution >= 0.6 is 23.2 Å². The molecule has 16 nitrogen and oxygen atoms in total. The molecule has 0 spiro atoms. The van der Waals surface area contributed by atoms with E-state index in [4.69, 9.17) is 23.2 Å². The standard InChI is InChI=1S/2C18H13ClN2O6S.Ca.Sr/c2*1-9-6-14(15(8-13(9)19)28(25,26)27)20-21-16-11-5-3-2-4-10(11)7-12(17(16)22)18(23)24;;/h2*2-8,22H,1H3,(H,23,24)(H,25,26,27);;/q;;2*+2/p-4. The zero-order valence-corrected chi connectivity index (χ0v) is 38.7. The van der Waals surface area contributed by atoms with Gasteiger partial charge in [-0.15, -0.1) is 10.2 Å². The molecule has 0 saturated heterocycles. The van der Waals surface area contributed by atoms with Crippen molar-refractivity contribution in [1.82, 2.24) is 0 Å². The van der Waals surface area contributed by atoms with E-state index in [1.807, 2.05) is 0 Å². The Labute approximate surface area is 406 Å². The molecule has 288 valence electrons. The van der Waals surface area contributed by atoms with Crippen LogP contribution in [0.5, 0.6) is 11.5 Å². The summed E-state index contributed by atoms with van der Waals surface area (Å²) in [7, 11) is -9.82. The number of nitrogens with zero attached hydrogens (tertiary/aromatic N) is 4. The number of hydrogen-bond donors (Lipinski definition) is 2. The SMILES string of the molecule is Cc1cc(N=Nc2c([O-])c(C(=O)O)cc3ccccc23)c(S(=O)(=O)[O-])cc1Cl.Cc1cc(N=Nc2c([O-])c(C(=O)O)cc3ccccc23)c(S(=O)(=O)[O-])cc1Cl.[Ca+2].[Sr+2]. The first-order valence-electron chi connectivity index (χ1n) is 15.5. The summed E-state index contributed by atoms with van der Waals surface area (Å²) >= 11 is 11.8. The predicted octanol–water partition coefficient (Wildman–Crippen LogP) is 7.02. The Morgan fingerprint density at radius 1 is 0.586 bits per heavy atom. The summed E-state index contributed by atoms with van der Waals surface area (Å²) in [6.07, 6.45) is 0. The monoisotopic (exact) mass is 964 g/mol. The van der Waals surface area contributed by atoms with Crippen LogP contribution in [0.3, 0.4) is 0 Å². The van der Waals surface area contributed by atoms with E-state index < -0.39 is 64.6 Å². The van der Waals surface area contributed by atoms with Gasteiger partial charge in [-0.25, -0.2) is 26.4 Å². The van der Waals surface area contributed by atoms with E-state index >= 15 is 0 Å². The summed E-state index contributed by atoms with van der Waals surface area (Å²) < 4.78 is 69.0. The molecule has 2 N–H and O–H groups in total. The van der Waals surface area contributed by atoms with Crippen molar-refractivity contribution < 1.29 is 56.0 Å². The van der Waals surface area contributed by atoms with Crippen molar-refractivity contribution in [2.24, 2.45) is 20.5 Å². The van der Waals surface area contributed by atoms with Gasteiger partial charge >= 0.3 is 95.2 Å². The van der Waals surface area contributed by atoms with Crippen molar-refractivity contribution >= 4 is 183 Å². The molecule has 0 saturated carbocycles. The summed E-state index contributed by atoms with van der Waals surface area (Å²) in [5, 5.41) is 60.3. The molecule has 0 bridgehead atoms. The third-order valence-electron chi connectivity index (χ3n) is 7.95. The number of aryl methyl sites for hydroxylation is 2. The molecule has 0 radical (unpaired) electrons. The Hall–Kier alpha value is -3.28. The maximum absolute atomic E-state index is 12.5. The molecule has 0 aliphatic carbocycles. The van der Waals surface area contributed by atoms with Crippen molar-refractivity contribution in [2.75, 3.05) is 0 Å². The smallest absolute Gasteiger partial charge is 0.870 e. The van der Waals surface area contributed by atoms with Crippen molar-refractivity contribution in [3.05, 3.63) is 117 Å². The first kappa shape index (κ1) is 49.1. The van der Waals surface area contributed by atoms with Gasteiger partial charge in [-0.1, -0.05) is 83.2 Å². The van der Waals surface area contributed by atoms with Gasteiger partial charge in [0.2, 0.25) is 0 Å². The number of carboxylic acid groups (broad SMARTS) is 2. The second-order valence-corrected chi connectivity index (χ2v) is 15.2. The fourth-order valence-electron chi connectivity index (χ4n) is 5.20. The number of halogens is 2. The van der Waals surface area contributed by atoms with Crippen LogP contribution in [0.25, 0.3) is 21.5 Å². The normalized spacial score (nSPS) is 11.6. The van der Waals surface area contributed by atoms with E-state index in [1.165, 1.54) is 24.3 Å². The molecule has 6 rings (SSSR count). The Balaban J connectivity index is 0.000000300. The minimum absolute atomic E-state index is 0. The first-order chi connectivity index (χ1) is 26.2. The summed E-state index contributed by atoms with van der Waals surface area (Å²) in [5.74, 6) is -4.63. The van der Waals surface area contributed by atoms with Gasteiger partial charge in [0.15, 0.2) is 0 Å². The molecule has 0 aromatic heterocycles. The quantitative estimate of drug-likeness (QED) is 0.0884. The first-order valence-corrected chi connectivity index (χ1v) is 19.0. The predicted molar refractivity (Wildman–Crippen MR) is 209 cm³/mol. The third-order valence-corrected chi connectivity index (χ3v) is 10.5. The summed E-state index contributed by atoms with van der Waals surface area (Å²) in [6, 6.07) is 19.7. The van der Waals surface area contributed by atoms with Crippen molar-refractivity contribution in [2.45, 2.75) is 23.6 Å². The van der Waals surface area contributed by atoms with Gasteiger partial charge in [-0.3, -0.25) is 0 Å². The molecule has 0 aliphatic heterocycles. The van der Waals surface area contributed by atoms with E-state index in [2.05, 4.69) is 20.5 Å². The van der Waals surface area contributed by atoms with Crippen LogP contribution in [-0.4, -0.2) is 131 Å². The zero-order chi connectivity index (χ0) is 41.3. The minimum Gasteiger partial charge on any atom is -0.870 e. The molecule has 58 heavy (non-hydrogen) atoms. The van der Waals surface area contributed by atoms with Crippen molar-refractivity contribution in [3.63, 3.8) is 0 Å². The second-order valence-electron chi connectivity index (χ2n) is 11.7. The summed E-state index contributed by atoms with van der Waals surface area (Å²) in [6.45, 7) is 3.14. The van der Waals surface area contributed by atoms with Crippen LogP contribution in [0.4, 0.5) is 22.7 Å². The topological polar surface area (TPSA) is 285 Å². The molecule has 0 amide bonds. The maximum atomic E-state index is 12.5. The Kier molecular flexibility index (Phi) is 16.8. The maximum Gasteiger partial charge on any atom is 2.00 e. The van der Waals surface area contributed by atoms with Crippen LogP contribution in [0.1, 0.15) is 31.8 Å². The molecule has 0 fully saturated rings. The summed E-state index contributed by atoms with van der Waals surface area (Å²) in [4.78, 5) is 21.3. The molecule has 0 heterocycles. The average molecular weight is 965 g/mol. The van der Waals surface area contributed by atoms with E-state index in [0.717, 1.165) is 12.1 Å². The van der Waals surface area contributed by atoms with Gasteiger partial charge in [-0.05, 0) is 72.1 Å². The number of rotatable bonds is 8. The van der Waals surface area contributed by atoms with Gasteiger partial charge < -0.3 is 29.5 Å². The number of carboxylic acids is 2. The van der Waals surface area contributed by atoms with Crippen molar-refractivity contribution in [1.29, 1.82) is 0 Å². The van der Waals surface area contributed by atoms with Crippen molar-refractivity contribution in [3.8, 4) is 11.5 Å². The van der Waals surface area contributed by atoms with Gasteiger partial charge in [0.05, 0.1) is 32.3 Å². The van der Waals surface area contributed by atoms with E-state index in [0.29, 0.717) is 32.7 Å². The summed E-state index contributed by atoms with van der Waals surface area (Å²) in [5.41, 5.74) is -1.30. The fourth-order valence-corrected chi connectivity index (χ4v) is 6.89. The molecule has 6 aromatic carbocycles. The van der Waals surface area contributed by atoms with Crippen LogP contribution < -0.4 is 10.2 Å². The van der Waals surface area contributed by atoms with Gasteiger partial charge in [-0.2, -0.15) is 10.2 Å². The fraction of sp³-hybridized carbons (Fsp3) is 0.0556. The van der Waals surface area contributed by atoms with Gasteiger partial charge in [0, 0.05) is 20.8 Å². The molecular weight excluding hydrogens is 943 g/mol. The van der Waals surface area contributed by atoms with Crippen LogP contribution in [0.2, 0.25) is 10.0 Å². The molecular formula is C36H22CaCl2N4O12S2Sr. The van der Waals surface area contributed by atoms with Gasteiger partial charge in [0.25, 0.3) is 0 Å². The Bertz CT molecular complexity index is 2720. The molecule has 6 aromatic rings. The zero-order valence-electron chi connectivity index (χ0n) is 29.8. The number of hydrogen-bond acceptors (Lipinski definition) is 14. The largest absolute Gasteiger partial charge is 2.00 e. The third kappa shape index (κ3) is 11.1. The van der Waals surface area contributed by atoms with Crippen LogP contribution in [0, 0.1) is 13.8 Å². The Morgan fingerprint density at radius 3 is 1.22 bits per heavy atom. The number of benzene rings is 6. The average Bonchev–Trinajstić information content (AvgIpc) is 3.12. The molecule has 22 heteroatoms. The Morgan fingerprint density at radius 2 is 0.914 bits per heavy atom. The van der Waals surface area contributed by atoms with Crippen LogP contribution in [0.15, 0.2) is 115 Å². The second kappa shape index (κ2) is 19.9. The van der Waals surface area contributed by atoms with E-state index in [9.17, 15) is 56.0 Å². The number of fused-ring (bicyclic) bond motifs is 2. The number of carbonyl (C=O) groups is 2. The van der Waals surface area contributed by atoms with Gasteiger partial charge in [0.1, 0.15) is 31.6 Å². The molecule has 0 atom stereocenters. The van der Waals surface area contributed by atoms with E-state index in [1.54, 1.807) is 62.4 Å². The van der Waals surface area contributed by atoms with Crippen LogP contribution in [-0.2, 0) is 20.2 Å².